The maximum atomic E-state index is 12.6. The third-order valence-corrected chi connectivity index (χ3v) is 3.93. The quantitative estimate of drug-likeness (QED) is 0.347. The molecule has 1 aliphatic heterocycles. The lowest BCUT2D eigenvalue weighted by Gasteiger charge is -2.18. The number of aliphatic hydroxyl groups excluding tert-OH is 1. The molecule has 1 fully saturated rings. The van der Waals surface area contributed by atoms with Crippen LogP contribution in [0.15, 0.2) is 27.0 Å². The summed E-state index contributed by atoms with van der Waals surface area (Å²) < 4.78 is 12.5. The molecule has 0 bridgehead atoms. The Balaban J connectivity index is 2.27. The van der Waals surface area contributed by atoms with E-state index in [9.17, 15) is 19.5 Å². The second kappa shape index (κ2) is 7.73. The number of aromatic nitrogens is 2. The first kappa shape index (κ1) is 19.7. The van der Waals surface area contributed by atoms with E-state index in [-0.39, 0.29) is 13.0 Å². The first-order valence-corrected chi connectivity index (χ1v) is 7.98. The van der Waals surface area contributed by atoms with Crippen LogP contribution in [0.1, 0.15) is 33.4 Å². The Morgan fingerprint density at radius 3 is 2.77 bits per heavy atom. The molecule has 2 heterocycles. The monoisotopic (exact) mass is 367 g/mol. The molecule has 0 radical (unpaired) electrons. The molecule has 1 N–H and O–H groups in total. The summed E-state index contributed by atoms with van der Waals surface area (Å²) in [6.45, 7) is 4.05. The van der Waals surface area contributed by atoms with Gasteiger partial charge < -0.3 is 14.6 Å². The molecule has 11 nitrogen and oxygen atoms in total. The van der Waals surface area contributed by atoms with E-state index in [2.05, 4.69) is 10.0 Å². The largest absolute Gasteiger partial charge is 0.443 e. The number of rotatable bonds is 5. The van der Waals surface area contributed by atoms with Crippen LogP contribution in [0.3, 0.4) is 0 Å². The van der Waals surface area contributed by atoms with E-state index in [0.717, 1.165) is 15.2 Å². The van der Waals surface area contributed by atoms with Gasteiger partial charge in [-0.2, -0.15) is 0 Å². The van der Waals surface area contributed by atoms with Crippen LogP contribution in [0.4, 0.5) is 0 Å². The Morgan fingerprint density at radius 1 is 1.50 bits per heavy atom. The minimum atomic E-state index is -0.819. The fraction of sp³-hybridized carbons (Fsp3) is 0.667. The number of carbonyl (C=O) groups is 1. The molecule has 1 saturated heterocycles. The third-order valence-electron chi connectivity index (χ3n) is 3.93. The zero-order valence-corrected chi connectivity index (χ0v) is 14.7. The van der Waals surface area contributed by atoms with Crippen molar-refractivity contribution in [3.8, 4) is 0 Å². The van der Waals surface area contributed by atoms with Crippen molar-refractivity contribution < 1.29 is 19.4 Å². The topological polar surface area (TPSA) is 149 Å². The predicted octanol–water partition coefficient (Wildman–Crippen LogP) is 0.516. The zero-order valence-electron chi connectivity index (χ0n) is 14.7. The molecule has 0 amide bonds. The maximum Gasteiger partial charge on any atom is 0.335 e. The summed E-state index contributed by atoms with van der Waals surface area (Å²) in [5.74, 6) is -0.555. The van der Waals surface area contributed by atoms with E-state index >= 15 is 0 Å². The molecular formula is C15H21N5O6. The van der Waals surface area contributed by atoms with Gasteiger partial charge in [0.15, 0.2) is 6.73 Å². The van der Waals surface area contributed by atoms with E-state index in [1.807, 2.05) is 0 Å². The average molecular weight is 367 g/mol. The normalized spacial score (nSPS) is 22.7. The van der Waals surface area contributed by atoms with E-state index in [0.29, 0.717) is 0 Å². The summed E-state index contributed by atoms with van der Waals surface area (Å²) in [6, 6.07) is 0.505. The Morgan fingerprint density at radius 2 is 2.19 bits per heavy atom. The second-order valence-electron chi connectivity index (χ2n) is 6.90. The highest BCUT2D eigenvalue weighted by Gasteiger charge is 2.36. The van der Waals surface area contributed by atoms with Crippen LogP contribution in [-0.2, 0) is 21.0 Å². The van der Waals surface area contributed by atoms with Crippen LogP contribution in [-0.4, -0.2) is 39.0 Å². The Hall–Kier alpha value is -2.62. The van der Waals surface area contributed by atoms with Gasteiger partial charge in [-0.3, -0.25) is 14.2 Å². The zero-order chi connectivity index (χ0) is 19.5. The van der Waals surface area contributed by atoms with Gasteiger partial charge in [0.2, 0.25) is 0 Å². The van der Waals surface area contributed by atoms with Crippen LogP contribution >= 0.6 is 0 Å². The minimum Gasteiger partial charge on any atom is -0.443 e. The van der Waals surface area contributed by atoms with Crippen molar-refractivity contribution in [2.45, 2.75) is 52.3 Å². The SMILES string of the molecule is CC(C)(C)C(=O)OCn1c(=O)ccn([C@H]2C[C@H](N=[N+]=[N-])[C@@H](CO)O2)c1=O. The summed E-state index contributed by atoms with van der Waals surface area (Å²) in [7, 11) is 0. The first-order valence-electron chi connectivity index (χ1n) is 7.98. The van der Waals surface area contributed by atoms with Crippen LogP contribution in [0.25, 0.3) is 10.4 Å². The number of ether oxygens (including phenoxy) is 2. The molecule has 3 atom stereocenters. The molecular weight excluding hydrogens is 346 g/mol. The second-order valence-corrected chi connectivity index (χ2v) is 6.90. The number of esters is 1. The molecule has 2 rings (SSSR count). The Bertz CT molecular complexity index is 832. The van der Waals surface area contributed by atoms with Gasteiger partial charge in [0.25, 0.3) is 5.56 Å². The highest BCUT2D eigenvalue weighted by molar-refractivity contribution is 5.75. The van der Waals surface area contributed by atoms with Gasteiger partial charge in [0.05, 0.1) is 24.2 Å². The van der Waals surface area contributed by atoms with Gasteiger partial charge >= 0.3 is 11.7 Å². The molecule has 0 aliphatic carbocycles. The first-order chi connectivity index (χ1) is 12.2. The van der Waals surface area contributed by atoms with Crippen LogP contribution in [0.2, 0.25) is 0 Å². The van der Waals surface area contributed by atoms with Crippen LogP contribution < -0.4 is 11.2 Å². The lowest BCUT2D eigenvalue weighted by molar-refractivity contribution is -0.157. The highest BCUT2D eigenvalue weighted by atomic mass is 16.5. The molecule has 1 aromatic rings. The standard InChI is InChI=1S/C15H21N5O6/c1-15(2,3)13(23)25-8-20-11(22)4-5-19(14(20)24)12-6-9(17-18-16)10(7-21)26-12/h4-5,9-10,12,21H,6-8H2,1-3H3/t9-,10+,12+/m0/s1. The molecule has 26 heavy (non-hydrogen) atoms. The van der Waals surface area contributed by atoms with E-state index in [4.69, 9.17) is 15.0 Å². The van der Waals surface area contributed by atoms with Crippen molar-refractivity contribution >= 4 is 5.97 Å². The van der Waals surface area contributed by atoms with E-state index < -0.39 is 47.7 Å². The summed E-state index contributed by atoms with van der Waals surface area (Å²) in [4.78, 5) is 39.1. The number of carbonyl (C=O) groups excluding carboxylic acids is 1. The van der Waals surface area contributed by atoms with Crippen molar-refractivity contribution in [3.05, 3.63) is 43.5 Å². The van der Waals surface area contributed by atoms with Crippen molar-refractivity contribution in [2.24, 2.45) is 10.5 Å². The molecule has 0 spiro atoms. The van der Waals surface area contributed by atoms with Gasteiger partial charge in [-0.15, -0.1) is 0 Å². The van der Waals surface area contributed by atoms with E-state index in [1.54, 1.807) is 20.8 Å². The lowest BCUT2D eigenvalue weighted by Crippen LogP contribution is -2.42. The molecule has 11 heteroatoms. The Kier molecular flexibility index (Phi) is 5.86. The number of nitrogens with zero attached hydrogens (tertiary/aromatic N) is 5. The van der Waals surface area contributed by atoms with Gasteiger partial charge in [-0.1, -0.05) is 5.11 Å². The minimum absolute atomic E-state index is 0.162. The molecule has 142 valence electrons. The fourth-order valence-corrected chi connectivity index (χ4v) is 2.45. The summed E-state index contributed by atoms with van der Waals surface area (Å²) in [6.07, 6.45) is -0.151. The van der Waals surface area contributed by atoms with Crippen molar-refractivity contribution in [1.82, 2.24) is 9.13 Å². The maximum absolute atomic E-state index is 12.6. The van der Waals surface area contributed by atoms with Crippen molar-refractivity contribution in [3.63, 3.8) is 0 Å². The number of hydrogen-bond acceptors (Lipinski definition) is 7. The molecule has 0 unspecified atom stereocenters. The summed E-state index contributed by atoms with van der Waals surface area (Å²) in [5.41, 5.74) is 6.44. The van der Waals surface area contributed by atoms with Gasteiger partial charge in [0, 0.05) is 23.6 Å². The highest BCUT2D eigenvalue weighted by Crippen LogP contribution is 2.29. The summed E-state index contributed by atoms with van der Waals surface area (Å²) >= 11 is 0. The average Bonchev–Trinajstić information content (AvgIpc) is 2.96. The number of azide groups is 1. The smallest absolute Gasteiger partial charge is 0.335 e. The third kappa shape index (κ3) is 4.13. The lowest BCUT2D eigenvalue weighted by atomic mass is 9.98. The van der Waals surface area contributed by atoms with Crippen molar-refractivity contribution in [1.29, 1.82) is 0 Å². The van der Waals surface area contributed by atoms with Gasteiger partial charge in [-0.05, 0) is 26.3 Å². The van der Waals surface area contributed by atoms with E-state index in [1.165, 1.54) is 6.20 Å². The van der Waals surface area contributed by atoms with Crippen LogP contribution in [0.5, 0.6) is 0 Å². The molecule has 1 aliphatic rings. The van der Waals surface area contributed by atoms with Gasteiger partial charge in [0.1, 0.15) is 6.23 Å². The fourth-order valence-electron chi connectivity index (χ4n) is 2.45. The van der Waals surface area contributed by atoms with Crippen LogP contribution in [0, 0.1) is 5.41 Å². The predicted molar refractivity (Wildman–Crippen MR) is 89.1 cm³/mol. The number of aliphatic hydroxyl groups is 1. The molecule has 0 saturated carbocycles. The molecule has 1 aromatic heterocycles. The number of hydrogen-bond donors (Lipinski definition) is 1. The van der Waals surface area contributed by atoms with Crippen molar-refractivity contribution in [2.75, 3.05) is 6.61 Å². The Labute approximate surface area is 148 Å². The summed E-state index contributed by atoms with van der Waals surface area (Å²) in [5, 5.41) is 12.9. The van der Waals surface area contributed by atoms with Gasteiger partial charge in [-0.25, -0.2) is 9.36 Å². The molecule has 0 aromatic carbocycles.